The molecule has 94 valence electrons. The number of carbonyl (C=O) groups is 1. The fourth-order valence-corrected chi connectivity index (χ4v) is 1.68. The fraction of sp³-hybridized carbons (Fsp3) is 0.286. The van der Waals surface area contributed by atoms with Crippen molar-refractivity contribution in [2.24, 2.45) is 0 Å². The molecule has 1 N–H and O–H groups in total. The maximum Gasteiger partial charge on any atom is 0.253 e. The predicted octanol–water partition coefficient (Wildman–Crippen LogP) is 2.52. The average molecular weight is 244 g/mol. The Hall–Kier alpha value is -1.94. The van der Waals surface area contributed by atoms with E-state index in [4.69, 9.17) is 4.74 Å². The van der Waals surface area contributed by atoms with Crippen LogP contribution in [0.1, 0.15) is 12.6 Å². The third-order valence-corrected chi connectivity index (χ3v) is 2.90. The maximum atomic E-state index is 11.8. The molecule has 4 nitrogen and oxygen atoms in total. The van der Waals surface area contributed by atoms with E-state index in [-0.39, 0.29) is 5.91 Å². The van der Waals surface area contributed by atoms with E-state index in [9.17, 15) is 4.79 Å². The maximum absolute atomic E-state index is 11.8. The van der Waals surface area contributed by atoms with Gasteiger partial charge in [-0.1, -0.05) is 18.2 Å². The molecule has 0 bridgehead atoms. The number of aryl methyl sites for hydroxylation is 1. The number of benzene rings is 1. The quantitative estimate of drug-likeness (QED) is 0.902. The minimum atomic E-state index is -0.476. The van der Waals surface area contributed by atoms with Gasteiger partial charge in [0.15, 0.2) is 0 Å². The zero-order valence-electron chi connectivity index (χ0n) is 10.7. The van der Waals surface area contributed by atoms with Crippen LogP contribution in [0.3, 0.4) is 0 Å². The smallest absolute Gasteiger partial charge is 0.253 e. The van der Waals surface area contributed by atoms with Crippen LogP contribution in [0, 0.1) is 6.92 Å². The molecule has 0 saturated heterocycles. The molecule has 0 saturated carbocycles. The van der Waals surface area contributed by atoms with Crippen LogP contribution < -0.4 is 5.32 Å². The van der Waals surface area contributed by atoms with Crippen molar-refractivity contribution in [2.45, 2.75) is 20.0 Å². The van der Waals surface area contributed by atoms with Gasteiger partial charge in [0.25, 0.3) is 5.91 Å². The van der Waals surface area contributed by atoms with E-state index in [1.54, 1.807) is 6.92 Å². The van der Waals surface area contributed by atoms with Gasteiger partial charge in [-0.3, -0.25) is 9.78 Å². The van der Waals surface area contributed by atoms with Gasteiger partial charge in [-0.15, -0.1) is 0 Å². The van der Waals surface area contributed by atoms with Crippen LogP contribution in [0.2, 0.25) is 0 Å². The SMILES string of the molecule is COC(C)C(=O)Nc1cc2ccccc2nc1C. The molecular weight excluding hydrogens is 228 g/mol. The highest BCUT2D eigenvalue weighted by Crippen LogP contribution is 2.20. The number of anilines is 1. The summed E-state index contributed by atoms with van der Waals surface area (Å²) in [7, 11) is 1.51. The second-order valence-electron chi connectivity index (χ2n) is 4.18. The van der Waals surface area contributed by atoms with Gasteiger partial charge in [-0.25, -0.2) is 0 Å². The van der Waals surface area contributed by atoms with Crippen LogP contribution >= 0.6 is 0 Å². The monoisotopic (exact) mass is 244 g/mol. The normalized spacial score (nSPS) is 12.4. The summed E-state index contributed by atoms with van der Waals surface area (Å²) in [5, 5.41) is 3.83. The zero-order chi connectivity index (χ0) is 13.1. The molecule has 1 heterocycles. The Morgan fingerprint density at radius 2 is 2.11 bits per heavy atom. The van der Waals surface area contributed by atoms with Gasteiger partial charge in [-0.2, -0.15) is 0 Å². The fourth-order valence-electron chi connectivity index (χ4n) is 1.68. The first-order valence-electron chi connectivity index (χ1n) is 5.82. The van der Waals surface area contributed by atoms with E-state index >= 15 is 0 Å². The summed E-state index contributed by atoms with van der Waals surface area (Å²) in [4.78, 5) is 16.2. The number of amides is 1. The van der Waals surface area contributed by atoms with Gasteiger partial charge >= 0.3 is 0 Å². The molecule has 2 aromatic rings. The number of carbonyl (C=O) groups excluding carboxylic acids is 1. The van der Waals surface area contributed by atoms with Crippen molar-refractivity contribution in [3.05, 3.63) is 36.0 Å². The molecule has 18 heavy (non-hydrogen) atoms. The van der Waals surface area contributed by atoms with Crippen LogP contribution in [0.25, 0.3) is 10.9 Å². The van der Waals surface area contributed by atoms with Gasteiger partial charge in [0, 0.05) is 12.5 Å². The van der Waals surface area contributed by atoms with E-state index < -0.39 is 6.10 Å². The molecule has 1 aromatic carbocycles. The van der Waals surface area contributed by atoms with Gasteiger partial charge in [0.2, 0.25) is 0 Å². The number of fused-ring (bicyclic) bond motifs is 1. The molecule has 0 aliphatic carbocycles. The van der Waals surface area contributed by atoms with Crippen LogP contribution in [-0.4, -0.2) is 24.1 Å². The minimum absolute atomic E-state index is 0.169. The first-order valence-corrected chi connectivity index (χ1v) is 5.82. The summed E-state index contributed by atoms with van der Waals surface area (Å²) in [6.07, 6.45) is -0.476. The summed E-state index contributed by atoms with van der Waals surface area (Å²) in [6, 6.07) is 9.74. The molecule has 4 heteroatoms. The lowest BCUT2D eigenvalue weighted by Crippen LogP contribution is -2.26. The Kier molecular flexibility index (Phi) is 3.58. The third kappa shape index (κ3) is 2.49. The van der Waals surface area contributed by atoms with Crippen molar-refractivity contribution in [3.63, 3.8) is 0 Å². The van der Waals surface area contributed by atoms with E-state index in [1.807, 2.05) is 37.3 Å². The summed E-state index contributed by atoms with van der Waals surface area (Å²) in [5.74, 6) is -0.169. The van der Waals surface area contributed by atoms with Crippen LogP contribution in [-0.2, 0) is 9.53 Å². The molecule has 1 atom stereocenters. The van der Waals surface area contributed by atoms with E-state index in [1.165, 1.54) is 7.11 Å². The Labute approximate surface area is 106 Å². The lowest BCUT2D eigenvalue weighted by atomic mass is 10.2. The molecule has 0 spiro atoms. The van der Waals surface area contributed by atoms with Crippen molar-refractivity contribution < 1.29 is 9.53 Å². The number of aromatic nitrogens is 1. The number of hydrogen-bond donors (Lipinski definition) is 1. The molecule has 1 aromatic heterocycles. The number of nitrogens with zero attached hydrogens (tertiary/aromatic N) is 1. The molecule has 1 unspecified atom stereocenters. The number of nitrogens with one attached hydrogen (secondary N) is 1. The average Bonchev–Trinajstić information content (AvgIpc) is 2.38. The van der Waals surface area contributed by atoms with Crippen molar-refractivity contribution in [2.75, 3.05) is 12.4 Å². The largest absolute Gasteiger partial charge is 0.372 e. The number of para-hydroxylation sites is 1. The number of hydrogen-bond acceptors (Lipinski definition) is 3. The highest BCUT2D eigenvalue weighted by molar-refractivity contribution is 5.96. The standard InChI is InChI=1S/C14H16N2O2/c1-9-13(16-14(17)10(2)18-3)8-11-6-4-5-7-12(11)15-9/h4-8,10H,1-3H3,(H,16,17). The zero-order valence-corrected chi connectivity index (χ0v) is 10.7. The lowest BCUT2D eigenvalue weighted by molar-refractivity contribution is -0.124. The number of methoxy groups -OCH3 is 1. The topological polar surface area (TPSA) is 51.2 Å². The molecule has 2 rings (SSSR count). The molecular formula is C14H16N2O2. The van der Waals surface area contributed by atoms with E-state index in [2.05, 4.69) is 10.3 Å². The van der Waals surface area contributed by atoms with E-state index in [0.717, 1.165) is 22.3 Å². The van der Waals surface area contributed by atoms with E-state index in [0.29, 0.717) is 0 Å². The Balaban J connectivity index is 2.33. The molecule has 1 amide bonds. The Bertz CT molecular complexity index is 581. The second kappa shape index (κ2) is 5.14. The number of rotatable bonds is 3. The highest BCUT2D eigenvalue weighted by Gasteiger charge is 2.13. The van der Waals surface area contributed by atoms with Crippen LogP contribution in [0.4, 0.5) is 5.69 Å². The van der Waals surface area contributed by atoms with Gasteiger partial charge in [-0.05, 0) is 26.0 Å². The van der Waals surface area contributed by atoms with Crippen LogP contribution in [0.5, 0.6) is 0 Å². The molecule has 0 aliphatic heterocycles. The van der Waals surface area contributed by atoms with Crippen molar-refractivity contribution >= 4 is 22.5 Å². The third-order valence-electron chi connectivity index (χ3n) is 2.90. The highest BCUT2D eigenvalue weighted by atomic mass is 16.5. The molecule has 0 fully saturated rings. The van der Waals surface area contributed by atoms with Crippen LogP contribution in [0.15, 0.2) is 30.3 Å². The van der Waals surface area contributed by atoms with Gasteiger partial charge < -0.3 is 10.1 Å². The van der Waals surface area contributed by atoms with Gasteiger partial charge in [0.1, 0.15) is 6.10 Å². The lowest BCUT2D eigenvalue weighted by Gasteiger charge is -2.12. The summed E-state index contributed by atoms with van der Waals surface area (Å²) in [6.45, 7) is 3.58. The van der Waals surface area contributed by atoms with Crippen molar-refractivity contribution in [1.82, 2.24) is 4.98 Å². The van der Waals surface area contributed by atoms with Crippen molar-refractivity contribution in [3.8, 4) is 0 Å². The Morgan fingerprint density at radius 1 is 1.39 bits per heavy atom. The minimum Gasteiger partial charge on any atom is -0.372 e. The van der Waals surface area contributed by atoms with Crippen molar-refractivity contribution in [1.29, 1.82) is 0 Å². The summed E-state index contributed by atoms with van der Waals surface area (Å²) in [5.41, 5.74) is 2.45. The number of pyridine rings is 1. The first kappa shape index (κ1) is 12.5. The number of ether oxygens (including phenoxy) is 1. The molecule has 0 radical (unpaired) electrons. The predicted molar refractivity (Wildman–Crippen MR) is 71.6 cm³/mol. The summed E-state index contributed by atoms with van der Waals surface area (Å²) < 4.78 is 4.98. The second-order valence-corrected chi connectivity index (χ2v) is 4.18. The first-order chi connectivity index (χ1) is 8.61. The summed E-state index contributed by atoms with van der Waals surface area (Å²) >= 11 is 0. The Morgan fingerprint density at radius 3 is 2.83 bits per heavy atom. The van der Waals surface area contributed by atoms with Gasteiger partial charge in [0.05, 0.1) is 16.9 Å². The molecule has 0 aliphatic rings.